The number of carbonyl (C=O) groups is 1. The number of carbonyl (C=O) groups excluding carboxylic acids is 1. The molecule has 4 rings (SSSR count). The lowest BCUT2D eigenvalue weighted by atomic mass is 9.93. The van der Waals surface area contributed by atoms with Crippen LogP contribution < -0.4 is 0 Å². The van der Waals surface area contributed by atoms with Crippen LogP contribution in [-0.4, -0.2) is 28.5 Å². The Morgan fingerprint density at radius 3 is 2.59 bits per heavy atom. The number of likely N-dealkylation sites (tertiary alicyclic amines) is 1. The molecule has 2 aliphatic rings. The standard InChI is InChI=1S/C18H21BrN2O/c1-2-20-12-15(14-4-3-13(19)11-16(14)20)17(22)21-9-7-18(5-6-18)8-10-21/h3-4,11-12H,2,5-10H2,1H3. The first-order valence-corrected chi connectivity index (χ1v) is 8.99. The Bertz CT molecular complexity index is 735. The van der Waals surface area contributed by atoms with Gasteiger partial charge in [-0.15, -0.1) is 0 Å². The molecule has 1 aromatic carbocycles. The summed E-state index contributed by atoms with van der Waals surface area (Å²) in [5.41, 5.74) is 2.60. The zero-order valence-corrected chi connectivity index (χ0v) is 14.5. The maximum atomic E-state index is 13.0. The van der Waals surface area contributed by atoms with Gasteiger partial charge >= 0.3 is 0 Å². The SMILES string of the molecule is CCn1cc(C(=O)N2CCC3(CC2)CC3)c2ccc(Br)cc21. The molecule has 1 spiro atoms. The van der Waals surface area contributed by atoms with E-state index in [0.717, 1.165) is 40.6 Å². The van der Waals surface area contributed by atoms with Crippen molar-refractivity contribution in [2.75, 3.05) is 13.1 Å². The first kappa shape index (κ1) is 14.3. The van der Waals surface area contributed by atoms with Crippen LogP contribution in [0.25, 0.3) is 10.9 Å². The second-order valence-corrected chi connectivity index (χ2v) is 7.70. The highest BCUT2D eigenvalue weighted by Crippen LogP contribution is 2.53. The fourth-order valence-corrected chi connectivity index (χ4v) is 4.08. The van der Waals surface area contributed by atoms with Crippen LogP contribution in [-0.2, 0) is 6.54 Å². The third-order valence-corrected chi connectivity index (χ3v) is 5.98. The van der Waals surface area contributed by atoms with E-state index in [9.17, 15) is 4.79 Å². The van der Waals surface area contributed by atoms with Gasteiger partial charge in [0.15, 0.2) is 0 Å². The first-order chi connectivity index (χ1) is 10.6. The highest BCUT2D eigenvalue weighted by atomic mass is 79.9. The number of benzene rings is 1. The Hall–Kier alpha value is -1.29. The van der Waals surface area contributed by atoms with E-state index < -0.39 is 0 Å². The molecule has 1 amide bonds. The minimum absolute atomic E-state index is 0.204. The third-order valence-electron chi connectivity index (χ3n) is 5.48. The van der Waals surface area contributed by atoms with E-state index in [1.54, 1.807) is 0 Å². The second-order valence-electron chi connectivity index (χ2n) is 6.78. The molecule has 4 heteroatoms. The van der Waals surface area contributed by atoms with E-state index >= 15 is 0 Å². The largest absolute Gasteiger partial charge is 0.347 e. The molecule has 3 nitrogen and oxygen atoms in total. The van der Waals surface area contributed by atoms with Crippen LogP contribution in [0.3, 0.4) is 0 Å². The van der Waals surface area contributed by atoms with Gasteiger partial charge in [0.2, 0.25) is 0 Å². The van der Waals surface area contributed by atoms with Gasteiger partial charge in [-0.05, 0) is 50.2 Å². The Balaban J connectivity index is 1.66. The van der Waals surface area contributed by atoms with E-state index in [0.29, 0.717) is 5.41 Å². The van der Waals surface area contributed by atoms with Gasteiger partial charge in [-0.25, -0.2) is 0 Å². The number of nitrogens with zero attached hydrogens (tertiary/aromatic N) is 2. The maximum Gasteiger partial charge on any atom is 0.256 e. The lowest BCUT2D eigenvalue weighted by molar-refractivity contribution is 0.0680. The van der Waals surface area contributed by atoms with Gasteiger partial charge in [0, 0.05) is 41.2 Å². The van der Waals surface area contributed by atoms with Crippen molar-refractivity contribution in [3.05, 3.63) is 34.4 Å². The molecule has 1 aromatic heterocycles. The van der Waals surface area contributed by atoms with Crippen molar-refractivity contribution in [2.24, 2.45) is 5.41 Å². The number of hydrogen-bond acceptors (Lipinski definition) is 1. The smallest absolute Gasteiger partial charge is 0.256 e. The Kier molecular flexibility index (Phi) is 3.33. The minimum Gasteiger partial charge on any atom is -0.347 e. The zero-order chi connectivity index (χ0) is 15.3. The maximum absolute atomic E-state index is 13.0. The summed E-state index contributed by atoms with van der Waals surface area (Å²) in [4.78, 5) is 15.0. The summed E-state index contributed by atoms with van der Waals surface area (Å²) in [6.45, 7) is 4.85. The fraction of sp³-hybridized carbons (Fsp3) is 0.500. The van der Waals surface area contributed by atoms with Crippen LogP contribution in [0.5, 0.6) is 0 Å². The van der Waals surface area contributed by atoms with Gasteiger partial charge in [-0.3, -0.25) is 4.79 Å². The summed E-state index contributed by atoms with van der Waals surface area (Å²) >= 11 is 3.53. The predicted molar refractivity (Wildman–Crippen MR) is 92.1 cm³/mol. The summed E-state index contributed by atoms with van der Waals surface area (Å²) in [5, 5.41) is 1.07. The van der Waals surface area contributed by atoms with Crippen LogP contribution >= 0.6 is 15.9 Å². The molecule has 0 atom stereocenters. The van der Waals surface area contributed by atoms with Crippen molar-refractivity contribution in [2.45, 2.75) is 39.2 Å². The highest BCUT2D eigenvalue weighted by molar-refractivity contribution is 9.10. The molecule has 0 radical (unpaired) electrons. The minimum atomic E-state index is 0.204. The molecule has 0 unspecified atom stereocenters. The number of piperidine rings is 1. The van der Waals surface area contributed by atoms with Crippen molar-refractivity contribution in [1.82, 2.24) is 9.47 Å². The summed E-state index contributed by atoms with van der Waals surface area (Å²) in [5.74, 6) is 0.204. The number of halogens is 1. The van der Waals surface area contributed by atoms with E-state index in [1.165, 1.54) is 25.7 Å². The van der Waals surface area contributed by atoms with Crippen molar-refractivity contribution < 1.29 is 4.79 Å². The van der Waals surface area contributed by atoms with Gasteiger partial charge in [-0.1, -0.05) is 22.0 Å². The number of hydrogen-bond donors (Lipinski definition) is 0. The van der Waals surface area contributed by atoms with Crippen LogP contribution in [0.15, 0.2) is 28.9 Å². The summed E-state index contributed by atoms with van der Waals surface area (Å²) in [6.07, 6.45) is 7.16. The fourth-order valence-electron chi connectivity index (χ4n) is 3.73. The van der Waals surface area contributed by atoms with Crippen molar-refractivity contribution in [3.63, 3.8) is 0 Å². The van der Waals surface area contributed by atoms with Crippen LogP contribution in [0, 0.1) is 5.41 Å². The molecule has 1 saturated heterocycles. The summed E-state index contributed by atoms with van der Waals surface area (Å²) < 4.78 is 3.22. The second kappa shape index (κ2) is 5.12. The Labute approximate surface area is 139 Å². The number of fused-ring (bicyclic) bond motifs is 1. The molecule has 2 heterocycles. The number of aromatic nitrogens is 1. The quantitative estimate of drug-likeness (QED) is 0.776. The molecule has 0 N–H and O–H groups in total. The molecule has 1 aliphatic carbocycles. The summed E-state index contributed by atoms with van der Waals surface area (Å²) in [7, 11) is 0. The molecule has 116 valence electrons. The molecule has 0 bridgehead atoms. The van der Waals surface area contributed by atoms with Gasteiger partial charge < -0.3 is 9.47 Å². The van der Waals surface area contributed by atoms with Crippen molar-refractivity contribution in [3.8, 4) is 0 Å². The molecular weight excluding hydrogens is 340 g/mol. The monoisotopic (exact) mass is 360 g/mol. The van der Waals surface area contributed by atoms with Crippen LogP contribution in [0.4, 0.5) is 0 Å². The van der Waals surface area contributed by atoms with E-state index in [4.69, 9.17) is 0 Å². The Morgan fingerprint density at radius 2 is 1.95 bits per heavy atom. The van der Waals surface area contributed by atoms with E-state index in [2.05, 4.69) is 44.5 Å². The van der Waals surface area contributed by atoms with Crippen molar-refractivity contribution >= 4 is 32.7 Å². The molecule has 2 aromatic rings. The molecule has 1 aliphatic heterocycles. The third kappa shape index (κ3) is 2.28. The Morgan fingerprint density at radius 1 is 1.23 bits per heavy atom. The lowest BCUT2D eigenvalue weighted by Gasteiger charge is -2.32. The summed E-state index contributed by atoms with van der Waals surface area (Å²) in [6, 6.07) is 6.19. The molecule has 1 saturated carbocycles. The number of rotatable bonds is 2. The number of aryl methyl sites for hydroxylation is 1. The zero-order valence-electron chi connectivity index (χ0n) is 12.9. The topological polar surface area (TPSA) is 25.2 Å². The lowest BCUT2D eigenvalue weighted by Crippen LogP contribution is -2.39. The van der Waals surface area contributed by atoms with Gasteiger partial charge in [0.1, 0.15) is 0 Å². The first-order valence-electron chi connectivity index (χ1n) is 8.20. The van der Waals surface area contributed by atoms with Crippen LogP contribution in [0.2, 0.25) is 0 Å². The number of amides is 1. The van der Waals surface area contributed by atoms with Gasteiger partial charge in [-0.2, -0.15) is 0 Å². The average molecular weight is 361 g/mol. The average Bonchev–Trinajstić information content (AvgIpc) is 3.18. The van der Waals surface area contributed by atoms with E-state index in [-0.39, 0.29) is 5.91 Å². The molecule has 2 fully saturated rings. The van der Waals surface area contributed by atoms with Crippen molar-refractivity contribution in [1.29, 1.82) is 0 Å². The normalized spacial score (nSPS) is 19.8. The predicted octanol–water partition coefficient (Wildman–Crippen LogP) is 4.44. The van der Waals surface area contributed by atoms with E-state index in [1.807, 2.05) is 12.3 Å². The van der Waals surface area contributed by atoms with Gasteiger partial charge in [0.05, 0.1) is 5.56 Å². The highest BCUT2D eigenvalue weighted by Gasteiger charge is 2.45. The van der Waals surface area contributed by atoms with Crippen LogP contribution in [0.1, 0.15) is 43.0 Å². The molecule has 22 heavy (non-hydrogen) atoms. The molecular formula is C18H21BrN2O. The van der Waals surface area contributed by atoms with Gasteiger partial charge in [0.25, 0.3) is 5.91 Å².